The molecule has 3 rings (SSSR count). The molecule has 0 unspecified atom stereocenters. The zero-order chi connectivity index (χ0) is 15.0. The second-order valence-electron chi connectivity index (χ2n) is 4.73. The zero-order valence-electron chi connectivity index (χ0n) is 11.2. The van der Waals surface area contributed by atoms with Crippen LogP contribution in [0.25, 0.3) is 10.9 Å². The average molecular weight is 284 g/mol. The number of carboxylic acid groups (broad SMARTS) is 1. The molecule has 0 aliphatic carbocycles. The molecule has 0 aliphatic rings. The van der Waals surface area contributed by atoms with E-state index in [-0.39, 0.29) is 17.7 Å². The van der Waals surface area contributed by atoms with Gasteiger partial charge in [0.2, 0.25) is 0 Å². The largest absolute Gasteiger partial charge is 0.478 e. The highest BCUT2D eigenvalue weighted by Gasteiger charge is 2.14. The summed E-state index contributed by atoms with van der Waals surface area (Å²) in [6.07, 6.45) is 0. The van der Waals surface area contributed by atoms with Crippen molar-refractivity contribution in [3.05, 3.63) is 63.8 Å². The molecule has 21 heavy (non-hydrogen) atoms. The second kappa shape index (κ2) is 4.90. The molecular formula is C15H12N2O4. The van der Waals surface area contributed by atoms with E-state index in [1.165, 1.54) is 4.57 Å². The van der Waals surface area contributed by atoms with Crippen molar-refractivity contribution in [2.45, 2.75) is 13.5 Å². The van der Waals surface area contributed by atoms with E-state index in [9.17, 15) is 14.7 Å². The molecule has 0 radical (unpaired) electrons. The number of fused-ring (bicyclic) bond motifs is 1. The minimum Gasteiger partial charge on any atom is -0.478 e. The van der Waals surface area contributed by atoms with Crippen molar-refractivity contribution >= 4 is 16.9 Å². The molecule has 0 fully saturated rings. The summed E-state index contributed by atoms with van der Waals surface area (Å²) < 4.78 is 6.48. The third-order valence-corrected chi connectivity index (χ3v) is 3.25. The van der Waals surface area contributed by atoms with Crippen LogP contribution in [-0.2, 0) is 6.54 Å². The van der Waals surface area contributed by atoms with E-state index in [1.54, 1.807) is 37.3 Å². The third kappa shape index (κ3) is 2.31. The number of pyridine rings is 1. The van der Waals surface area contributed by atoms with Gasteiger partial charge in [-0.2, -0.15) is 0 Å². The molecular weight excluding hydrogens is 272 g/mol. The van der Waals surface area contributed by atoms with E-state index in [2.05, 4.69) is 5.16 Å². The zero-order valence-corrected chi connectivity index (χ0v) is 11.2. The fourth-order valence-corrected chi connectivity index (χ4v) is 2.33. The molecule has 2 heterocycles. The highest BCUT2D eigenvalue weighted by molar-refractivity contribution is 6.02. The van der Waals surface area contributed by atoms with Gasteiger partial charge in [0, 0.05) is 17.5 Å². The van der Waals surface area contributed by atoms with Gasteiger partial charge in [-0.3, -0.25) is 4.79 Å². The number of rotatable bonds is 3. The summed E-state index contributed by atoms with van der Waals surface area (Å²) in [5.41, 5.74) is 0.792. The van der Waals surface area contributed by atoms with E-state index in [0.29, 0.717) is 22.4 Å². The molecule has 0 spiro atoms. The molecule has 0 saturated heterocycles. The number of aromatic carboxylic acids is 1. The number of carbonyl (C=O) groups is 1. The van der Waals surface area contributed by atoms with Crippen molar-refractivity contribution in [1.82, 2.24) is 9.72 Å². The first-order chi connectivity index (χ1) is 10.1. The summed E-state index contributed by atoms with van der Waals surface area (Å²) >= 11 is 0. The first kappa shape index (κ1) is 13.1. The maximum Gasteiger partial charge on any atom is 0.336 e. The van der Waals surface area contributed by atoms with Gasteiger partial charge in [0.15, 0.2) is 0 Å². The number of benzene rings is 1. The molecule has 3 aromatic rings. The predicted octanol–water partition coefficient (Wildman–Crippen LogP) is 2.04. The van der Waals surface area contributed by atoms with Crippen LogP contribution in [-0.4, -0.2) is 20.8 Å². The Hall–Kier alpha value is -2.89. The lowest BCUT2D eigenvalue weighted by Crippen LogP contribution is -2.22. The number of hydrogen-bond donors (Lipinski definition) is 1. The van der Waals surface area contributed by atoms with Crippen molar-refractivity contribution in [3.63, 3.8) is 0 Å². The normalized spacial score (nSPS) is 10.9. The van der Waals surface area contributed by atoms with Crippen LogP contribution in [0, 0.1) is 6.92 Å². The van der Waals surface area contributed by atoms with Crippen LogP contribution in [0.4, 0.5) is 0 Å². The van der Waals surface area contributed by atoms with Gasteiger partial charge < -0.3 is 14.2 Å². The second-order valence-corrected chi connectivity index (χ2v) is 4.73. The Bertz CT molecular complexity index is 892. The quantitative estimate of drug-likeness (QED) is 0.795. The maximum absolute atomic E-state index is 12.2. The predicted molar refractivity (Wildman–Crippen MR) is 75.5 cm³/mol. The maximum atomic E-state index is 12.2. The topological polar surface area (TPSA) is 85.3 Å². The van der Waals surface area contributed by atoms with Crippen molar-refractivity contribution in [2.75, 3.05) is 0 Å². The van der Waals surface area contributed by atoms with Gasteiger partial charge in [0.25, 0.3) is 5.56 Å². The Balaban J connectivity index is 2.23. The summed E-state index contributed by atoms with van der Waals surface area (Å²) in [5.74, 6) is -0.461. The lowest BCUT2D eigenvalue weighted by Gasteiger charge is -2.10. The Labute approximate surface area is 119 Å². The van der Waals surface area contributed by atoms with E-state index in [4.69, 9.17) is 4.52 Å². The summed E-state index contributed by atoms with van der Waals surface area (Å²) in [7, 11) is 0. The fraction of sp³-hybridized carbons (Fsp3) is 0.133. The molecule has 0 bridgehead atoms. The lowest BCUT2D eigenvalue weighted by atomic mass is 10.1. The van der Waals surface area contributed by atoms with Crippen molar-refractivity contribution < 1.29 is 14.4 Å². The first-order valence-electron chi connectivity index (χ1n) is 6.34. The highest BCUT2D eigenvalue weighted by atomic mass is 16.5. The van der Waals surface area contributed by atoms with Gasteiger partial charge in [0.05, 0.1) is 17.6 Å². The SMILES string of the molecule is Cc1cc(Cn2c(=O)cc(C(=O)O)c3ccccc32)no1. The lowest BCUT2D eigenvalue weighted by molar-refractivity contribution is 0.0698. The van der Waals surface area contributed by atoms with Crippen LogP contribution in [0.15, 0.2) is 45.7 Å². The first-order valence-corrected chi connectivity index (χ1v) is 6.34. The molecule has 6 heteroatoms. The molecule has 0 amide bonds. The highest BCUT2D eigenvalue weighted by Crippen LogP contribution is 2.18. The average Bonchev–Trinajstić information content (AvgIpc) is 2.87. The summed E-state index contributed by atoms with van der Waals surface area (Å²) in [4.78, 5) is 23.5. The minimum atomic E-state index is -1.12. The van der Waals surface area contributed by atoms with Crippen LogP contribution in [0.2, 0.25) is 0 Å². The minimum absolute atomic E-state index is 0.00295. The number of hydrogen-bond acceptors (Lipinski definition) is 4. The number of carboxylic acids is 1. The van der Waals surface area contributed by atoms with Crippen LogP contribution >= 0.6 is 0 Å². The van der Waals surface area contributed by atoms with E-state index >= 15 is 0 Å². The van der Waals surface area contributed by atoms with Crippen molar-refractivity contribution in [1.29, 1.82) is 0 Å². The third-order valence-electron chi connectivity index (χ3n) is 3.25. The monoisotopic (exact) mass is 284 g/mol. The molecule has 0 atom stereocenters. The number of aryl methyl sites for hydroxylation is 1. The number of aromatic nitrogens is 2. The van der Waals surface area contributed by atoms with Gasteiger partial charge >= 0.3 is 5.97 Å². The molecule has 1 N–H and O–H groups in total. The van der Waals surface area contributed by atoms with Crippen LogP contribution in [0.1, 0.15) is 21.8 Å². The van der Waals surface area contributed by atoms with Gasteiger partial charge in [-0.05, 0) is 13.0 Å². The summed E-state index contributed by atoms with van der Waals surface area (Å²) in [6, 6.07) is 9.78. The molecule has 106 valence electrons. The van der Waals surface area contributed by atoms with Crippen molar-refractivity contribution in [3.8, 4) is 0 Å². The Morgan fingerprint density at radius 2 is 2.10 bits per heavy atom. The smallest absolute Gasteiger partial charge is 0.336 e. The number of nitrogens with zero attached hydrogens (tertiary/aromatic N) is 2. The van der Waals surface area contributed by atoms with E-state index in [1.807, 2.05) is 0 Å². The van der Waals surface area contributed by atoms with E-state index in [0.717, 1.165) is 6.07 Å². The Morgan fingerprint density at radius 1 is 1.33 bits per heavy atom. The van der Waals surface area contributed by atoms with Crippen LogP contribution in [0.3, 0.4) is 0 Å². The summed E-state index contributed by atoms with van der Waals surface area (Å²) in [6.45, 7) is 2.00. The van der Waals surface area contributed by atoms with Crippen LogP contribution in [0.5, 0.6) is 0 Å². The fourth-order valence-electron chi connectivity index (χ4n) is 2.33. The number of para-hydroxylation sites is 1. The Kier molecular flexibility index (Phi) is 3.06. The molecule has 0 aliphatic heterocycles. The van der Waals surface area contributed by atoms with Gasteiger partial charge in [-0.15, -0.1) is 0 Å². The van der Waals surface area contributed by atoms with Gasteiger partial charge in [0.1, 0.15) is 11.5 Å². The van der Waals surface area contributed by atoms with Crippen molar-refractivity contribution in [2.24, 2.45) is 0 Å². The van der Waals surface area contributed by atoms with Crippen LogP contribution < -0.4 is 5.56 Å². The molecule has 1 aromatic carbocycles. The molecule has 2 aromatic heterocycles. The summed E-state index contributed by atoms with van der Waals surface area (Å²) in [5, 5.41) is 13.6. The molecule has 0 saturated carbocycles. The standard InChI is InChI=1S/C15H12N2O4/c1-9-6-10(16-21-9)8-17-13-5-3-2-4-11(13)12(15(19)20)7-14(17)18/h2-7H,8H2,1H3,(H,19,20). The van der Waals surface area contributed by atoms with Gasteiger partial charge in [-0.25, -0.2) is 4.79 Å². The van der Waals surface area contributed by atoms with Gasteiger partial charge in [-0.1, -0.05) is 23.4 Å². The Morgan fingerprint density at radius 3 is 2.76 bits per heavy atom. The van der Waals surface area contributed by atoms with E-state index < -0.39 is 5.97 Å². The molecule has 6 nitrogen and oxygen atoms in total.